The number of carboxylic acid groups (broad SMARTS) is 1. The first-order valence-electron chi connectivity index (χ1n) is 9.49. The Kier molecular flexibility index (Phi) is 15.6. The van der Waals surface area contributed by atoms with Gasteiger partial charge in [-0.15, -0.1) is 0 Å². The molecule has 0 saturated carbocycles. The molecule has 0 saturated heterocycles. The fourth-order valence-electron chi connectivity index (χ4n) is 2.56. The fourth-order valence-corrected chi connectivity index (χ4v) is 2.56. The molecular formula is C21H31NaO5. The largest absolute Gasteiger partial charge is 1.00 e. The molecule has 27 heavy (non-hydrogen) atoms. The number of allylic oxidation sites excluding steroid dienone is 1. The maximum atomic E-state index is 10.4. The van der Waals surface area contributed by atoms with Crippen molar-refractivity contribution in [1.29, 1.82) is 0 Å². The number of aliphatic hydroxyl groups is 2. The molecule has 0 amide bonds. The quantitative estimate of drug-likeness (QED) is 0.267. The van der Waals surface area contributed by atoms with E-state index in [1.807, 2.05) is 6.08 Å². The second-order valence-corrected chi connectivity index (χ2v) is 6.56. The van der Waals surface area contributed by atoms with Crippen molar-refractivity contribution in [2.24, 2.45) is 0 Å². The number of hydrogen-bond donors (Lipinski definition) is 2. The average Bonchev–Trinajstić information content (AvgIpc) is 3.03. The Labute approximate surface area is 184 Å². The van der Waals surface area contributed by atoms with Gasteiger partial charge in [-0.25, -0.2) is 0 Å². The van der Waals surface area contributed by atoms with E-state index in [-0.39, 0.29) is 36.0 Å². The summed E-state index contributed by atoms with van der Waals surface area (Å²) >= 11 is 0. The summed E-state index contributed by atoms with van der Waals surface area (Å²) in [7, 11) is 0. The predicted octanol–water partition coefficient (Wildman–Crippen LogP) is 0.00790. The van der Waals surface area contributed by atoms with Gasteiger partial charge in [-0.1, -0.05) is 38.0 Å². The van der Waals surface area contributed by atoms with Crippen LogP contribution >= 0.6 is 0 Å². The molecule has 2 N–H and O–H groups in total. The molecule has 0 aromatic carbocycles. The minimum atomic E-state index is -1.10. The van der Waals surface area contributed by atoms with E-state index in [0.29, 0.717) is 37.2 Å². The standard InChI is InChI=1S/C21H32O5.Na/c1-2-3-4-5-6-7-9-17(22)12-13-19-14-15-20(26-19)16-18(23)10-8-11-21(24)25;/h6-7,12-15,17-18,22-23H,2-5,8-11,16H2,1H3,(H,24,25);/q;+1/p-1. The molecule has 0 aliphatic carbocycles. The third-order valence-corrected chi connectivity index (χ3v) is 4.04. The van der Waals surface area contributed by atoms with Gasteiger partial charge in [-0.3, -0.25) is 0 Å². The van der Waals surface area contributed by atoms with Crippen molar-refractivity contribution in [1.82, 2.24) is 0 Å². The van der Waals surface area contributed by atoms with Crippen LogP contribution in [0, 0.1) is 0 Å². The number of unbranched alkanes of at least 4 members (excludes halogenated alkanes) is 3. The summed E-state index contributed by atoms with van der Waals surface area (Å²) in [5.41, 5.74) is 0. The Morgan fingerprint density at radius 2 is 2.00 bits per heavy atom. The molecular weight excluding hydrogens is 355 g/mol. The molecule has 1 rings (SSSR count). The first-order valence-corrected chi connectivity index (χ1v) is 9.49. The Morgan fingerprint density at radius 3 is 2.70 bits per heavy atom. The molecule has 1 aromatic heterocycles. The van der Waals surface area contributed by atoms with E-state index in [1.54, 1.807) is 24.3 Å². The molecule has 146 valence electrons. The topological polar surface area (TPSA) is 93.7 Å². The van der Waals surface area contributed by atoms with Gasteiger partial charge in [0.25, 0.3) is 0 Å². The van der Waals surface area contributed by atoms with Gasteiger partial charge in [0.05, 0.1) is 12.2 Å². The van der Waals surface area contributed by atoms with Gasteiger partial charge in [-0.05, 0) is 56.7 Å². The first-order chi connectivity index (χ1) is 12.5. The Morgan fingerprint density at radius 1 is 1.22 bits per heavy atom. The van der Waals surface area contributed by atoms with Gasteiger partial charge in [0.2, 0.25) is 0 Å². The van der Waals surface area contributed by atoms with E-state index >= 15 is 0 Å². The van der Waals surface area contributed by atoms with Crippen molar-refractivity contribution >= 4 is 12.0 Å². The van der Waals surface area contributed by atoms with Crippen LogP contribution in [-0.2, 0) is 11.2 Å². The van der Waals surface area contributed by atoms with Crippen molar-refractivity contribution < 1.29 is 54.1 Å². The van der Waals surface area contributed by atoms with Crippen LogP contribution < -0.4 is 34.7 Å². The molecule has 6 heteroatoms. The van der Waals surface area contributed by atoms with Crippen LogP contribution in [0.4, 0.5) is 0 Å². The molecule has 0 aliphatic heterocycles. The van der Waals surface area contributed by atoms with Crippen LogP contribution in [0.25, 0.3) is 6.08 Å². The van der Waals surface area contributed by atoms with Gasteiger partial charge in [0, 0.05) is 12.4 Å². The predicted molar refractivity (Wildman–Crippen MR) is 100 cm³/mol. The summed E-state index contributed by atoms with van der Waals surface area (Å²) in [6.07, 6.45) is 12.7. The zero-order chi connectivity index (χ0) is 19.2. The number of rotatable bonds is 14. The Bertz CT molecular complexity index is 565. The SMILES string of the molecule is CCCCCC=CCC(O)C=Cc1ccc(CC(O)CCCC(=O)[O-])o1.[Na+]. The summed E-state index contributed by atoms with van der Waals surface area (Å²) in [5, 5.41) is 30.2. The number of carbonyl (C=O) groups excluding carboxylic acids is 1. The molecule has 5 nitrogen and oxygen atoms in total. The monoisotopic (exact) mass is 386 g/mol. The summed E-state index contributed by atoms with van der Waals surface area (Å²) < 4.78 is 5.60. The van der Waals surface area contributed by atoms with Crippen LogP contribution in [0.3, 0.4) is 0 Å². The number of carbonyl (C=O) groups is 1. The van der Waals surface area contributed by atoms with Crippen molar-refractivity contribution in [3.05, 3.63) is 41.9 Å². The molecule has 0 radical (unpaired) electrons. The van der Waals surface area contributed by atoms with Crippen molar-refractivity contribution in [2.75, 3.05) is 0 Å². The van der Waals surface area contributed by atoms with E-state index in [2.05, 4.69) is 13.0 Å². The van der Waals surface area contributed by atoms with Gasteiger partial charge in [0.15, 0.2) is 0 Å². The number of aliphatic hydroxyl groups excluding tert-OH is 2. The summed E-state index contributed by atoms with van der Waals surface area (Å²) in [6, 6.07) is 3.56. The van der Waals surface area contributed by atoms with Crippen LogP contribution in [0.2, 0.25) is 0 Å². The van der Waals surface area contributed by atoms with E-state index < -0.39 is 18.2 Å². The van der Waals surface area contributed by atoms with E-state index in [4.69, 9.17) is 4.42 Å². The second kappa shape index (κ2) is 16.1. The van der Waals surface area contributed by atoms with E-state index in [1.165, 1.54) is 19.3 Å². The number of carboxylic acids is 1. The summed E-state index contributed by atoms with van der Waals surface area (Å²) in [5.74, 6) is 0.154. The molecule has 0 bridgehead atoms. The smallest absolute Gasteiger partial charge is 0.550 e. The molecule has 0 aliphatic rings. The molecule has 1 aromatic rings. The van der Waals surface area contributed by atoms with Crippen LogP contribution in [-0.4, -0.2) is 28.4 Å². The molecule has 0 fully saturated rings. The number of aliphatic carboxylic acids is 1. The van der Waals surface area contributed by atoms with E-state index in [9.17, 15) is 20.1 Å². The Balaban J connectivity index is 0.00000676. The van der Waals surface area contributed by atoms with Crippen LogP contribution in [0.15, 0.2) is 34.8 Å². The van der Waals surface area contributed by atoms with E-state index in [0.717, 1.165) is 6.42 Å². The average molecular weight is 386 g/mol. The van der Waals surface area contributed by atoms with Gasteiger partial charge < -0.3 is 24.5 Å². The summed E-state index contributed by atoms with van der Waals surface area (Å²) in [6.45, 7) is 2.18. The summed E-state index contributed by atoms with van der Waals surface area (Å²) in [4.78, 5) is 10.4. The van der Waals surface area contributed by atoms with Crippen molar-refractivity contribution in [3.63, 3.8) is 0 Å². The number of furan rings is 1. The second-order valence-electron chi connectivity index (χ2n) is 6.56. The zero-order valence-electron chi connectivity index (χ0n) is 16.6. The fraction of sp³-hybridized carbons (Fsp3) is 0.571. The Hall–Kier alpha value is -0.850. The van der Waals surface area contributed by atoms with Crippen LogP contribution in [0.5, 0.6) is 0 Å². The first kappa shape index (κ1) is 26.1. The molecule has 2 unspecified atom stereocenters. The molecule has 0 spiro atoms. The third-order valence-electron chi connectivity index (χ3n) is 4.04. The van der Waals surface area contributed by atoms with Crippen molar-refractivity contribution in [3.8, 4) is 0 Å². The minimum Gasteiger partial charge on any atom is -0.550 e. The van der Waals surface area contributed by atoms with Gasteiger partial charge >= 0.3 is 29.6 Å². The zero-order valence-corrected chi connectivity index (χ0v) is 18.6. The number of hydrogen-bond acceptors (Lipinski definition) is 5. The maximum absolute atomic E-state index is 10.4. The molecule has 2 atom stereocenters. The maximum Gasteiger partial charge on any atom is 1.00 e. The van der Waals surface area contributed by atoms with Crippen LogP contribution in [0.1, 0.15) is 69.8 Å². The van der Waals surface area contributed by atoms with Crippen molar-refractivity contribution in [2.45, 2.75) is 76.9 Å². The third kappa shape index (κ3) is 13.9. The van der Waals surface area contributed by atoms with Gasteiger partial charge in [-0.2, -0.15) is 0 Å². The molecule has 1 heterocycles. The normalized spacial score (nSPS) is 13.7. The van der Waals surface area contributed by atoms with Gasteiger partial charge in [0.1, 0.15) is 11.5 Å². The minimum absolute atomic E-state index is 0.